The van der Waals surface area contributed by atoms with Crippen molar-refractivity contribution in [3.8, 4) is 0 Å². The number of aromatic carboxylic acids is 1. The molecule has 0 saturated heterocycles. The first-order valence-electron chi connectivity index (χ1n) is 5.28. The van der Waals surface area contributed by atoms with Crippen molar-refractivity contribution in [1.82, 2.24) is 0 Å². The molecule has 0 bridgehead atoms. The average Bonchev–Trinajstić information content (AvgIpc) is 2.37. The maximum Gasteiger partial charge on any atom is 0.460 e. The summed E-state index contributed by atoms with van der Waals surface area (Å²) < 4.78 is 86.9. The Labute approximate surface area is 117 Å². The Morgan fingerprint density at radius 1 is 0.909 bits per heavy atom. The standard InChI is InChI=1S/C11H6F7NO3/c12-9(13,10(14,15)11(16,17)18)8(22)19-6-3-1-5(2-4-6)7(20)21/h1-4H,(H,19,22)(H,20,21). The molecule has 0 radical (unpaired) electrons. The summed E-state index contributed by atoms with van der Waals surface area (Å²) in [7, 11) is 0. The Balaban J connectivity index is 2.98. The molecular formula is C11H6F7NO3. The third-order valence-electron chi connectivity index (χ3n) is 2.43. The number of benzene rings is 1. The number of hydrogen-bond acceptors (Lipinski definition) is 2. The highest BCUT2D eigenvalue weighted by molar-refractivity contribution is 5.97. The highest BCUT2D eigenvalue weighted by Crippen LogP contribution is 2.46. The van der Waals surface area contributed by atoms with Gasteiger partial charge in [0.2, 0.25) is 0 Å². The van der Waals surface area contributed by atoms with Crippen LogP contribution in [0.1, 0.15) is 10.4 Å². The van der Waals surface area contributed by atoms with E-state index in [-0.39, 0.29) is 5.56 Å². The third kappa shape index (κ3) is 3.12. The molecule has 1 aromatic rings. The normalized spacial score (nSPS) is 12.9. The second kappa shape index (κ2) is 5.46. The molecule has 11 heteroatoms. The van der Waals surface area contributed by atoms with E-state index in [4.69, 9.17) is 5.11 Å². The molecule has 0 atom stereocenters. The molecule has 0 saturated carbocycles. The van der Waals surface area contributed by atoms with Gasteiger partial charge in [0.05, 0.1) is 5.56 Å². The summed E-state index contributed by atoms with van der Waals surface area (Å²) >= 11 is 0. The summed E-state index contributed by atoms with van der Waals surface area (Å²) in [6, 6.07) is 3.17. The Morgan fingerprint density at radius 2 is 1.36 bits per heavy atom. The van der Waals surface area contributed by atoms with Crippen LogP contribution in [0.3, 0.4) is 0 Å². The fourth-order valence-electron chi connectivity index (χ4n) is 1.23. The topological polar surface area (TPSA) is 66.4 Å². The molecule has 0 fully saturated rings. The molecule has 1 amide bonds. The van der Waals surface area contributed by atoms with Gasteiger partial charge >= 0.3 is 29.9 Å². The fraction of sp³-hybridized carbons (Fsp3) is 0.273. The van der Waals surface area contributed by atoms with Crippen LogP contribution in [-0.4, -0.2) is 35.0 Å². The number of alkyl halides is 7. The van der Waals surface area contributed by atoms with Crippen LogP contribution in [0.2, 0.25) is 0 Å². The molecule has 1 rings (SSSR count). The monoisotopic (exact) mass is 333 g/mol. The van der Waals surface area contributed by atoms with Crippen LogP contribution in [0.15, 0.2) is 24.3 Å². The van der Waals surface area contributed by atoms with Crippen molar-refractivity contribution in [2.45, 2.75) is 18.0 Å². The van der Waals surface area contributed by atoms with Gasteiger partial charge in [0.25, 0.3) is 0 Å². The van der Waals surface area contributed by atoms with E-state index >= 15 is 0 Å². The largest absolute Gasteiger partial charge is 0.478 e. The number of halogens is 7. The van der Waals surface area contributed by atoms with Crippen LogP contribution in [0, 0.1) is 0 Å². The van der Waals surface area contributed by atoms with E-state index in [0.29, 0.717) is 0 Å². The van der Waals surface area contributed by atoms with Gasteiger partial charge in [-0.25, -0.2) is 4.79 Å². The fourth-order valence-corrected chi connectivity index (χ4v) is 1.23. The van der Waals surface area contributed by atoms with Gasteiger partial charge in [-0.2, -0.15) is 30.7 Å². The number of anilines is 1. The molecule has 22 heavy (non-hydrogen) atoms. The minimum atomic E-state index is -6.62. The maximum atomic E-state index is 13.0. The molecule has 0 aromatic heterocycles. The van der Waals surface area contributed by atoms with E-state index in [0.717, 1.165) is 29.6 Å². The number of rotatable bonds is 4. The lowest BCUT2D eigenvalue weighted by atomic mass is 10.1. The molecule has 0 aliphatic carbocycles. The minimum Gasteiger partial charge on any atom is -0.478 e. The highest BCUT2D eigenvalue weighted by Gasteiger charge is 2.76. The van der Waals surface area contributed by atoms with Crippen molar-refractivity contribution >= 4 is 17.6 Å². The molecule has 4 nitrogen and oxygen atoms in total. The summed E-state index contributed by atoms with van der Waals surface area (Å²) in [5, 5.41) is 9.72. The number of nitrogens with one attached hydrogen (secondary N) is 1. The van der Waals surface area contributed by atoms with Crippen LogP contribution in [0.5, 0.6) is 0 Å². The van der Waals surface area contributed by atoms with Crippen LogP contribution in [0.4, 0.5) is 36.4 Å². The summed E-state index contributed by atoms with van der Waals surface area (Å²) in [6.45, 7) is 0. The van der Waals surface area contributed by atoms with E-state index in [9.17, 15) is 40.3 Å². The smallest absolute Gasteiger partial charge is 0.460 e. The van der Waals surface area contributed by atoms with Gasteiger partial charge < -0.3 is 10.4 Å². The number of hydrogen-bond donors (Lipinski definition) is 2. The SMILES string of the molecule is O=C(O)c1ccc(NC(=O)C(F)(F)C(F)(F)C(F)(F)F)cc1. The van der Waals surface area contributed by atoms with E-state index in [1.807, 2.05) is 0 Å². The zero-order valence-electron chi connectivity index (χ0n) is 10.2. The van der Waals surface area contributed by atoms with E-state index in [1.165, 1.54) is 0 Å². The number of amides is 1. The lowest BCUT2D eigenvalue weighted by Gasteiger charge is -2.27. The Morgan fingerprint density at radius 3 is 1.73 bits per heavy atom. The van der Waals surface area contributed by atoms with Gasteiger partial charge in [0, 0.05) is 5.69 Å². The molecule has 0 aliphatic heterocycles. The van der Waals surface area contributed by atoms with Gasteiger partial charge in [-0.3, -0.25) is 4.79 Å². The minimum absolute atomic E-state index is 0.314. The van der Waals surface area contributed by atoms with Gasteiger partial charge in [-0.15, -0.1) is 0 Å². The third-order valence-corrected chi connectivity index (χ3v) is 2.43. The molecule has 0 spiro atoms. The van der Waals surface area contributed by atoms with Crippen LogP contribution >= 0.6 is 0 Å². The van der Waals surface area contributed by atoms with Gasteiger partial charge in [-0.1, -0.05) is 0 Å². The van der Waals surface area contributed by atoms with Crippen molar-refractivity contribution < 1.29 is 45.4 Å². The molecule has 0 heterocycles. The molecule has 1 aromatic carbocycles. The summed E-state index contributed by atoms with van der Waals surface area (Å²) in [5.74, 6) is -16.9. The van der Waals surface area contributed by atoms with Crippen molar-refractivity contribution in [2.75, 3.05) is 5.32 Å². The quantitative estimate of drug-likeness (QED) is 0.832. The Hall–Kier alpha value is -2.33. The van der Waals surface area contributed by atoms with E-state index < -0.39 is 35.6 Å². The van der Waals surface area contributed by atoms with Gasteiger partial charge in [0.1, 0.15) is 0 Å². The first kappa shape index (κ1) is 17.7. The van der Waals surface area contributed by atoms with Crippen LogP contribution in [-0.2, 0) is 4.79 Å². The number of carboxylic acid groups (broad SMARTS) is 1. The van der Waals surface area contributed by atoms with Crippen LogP contribution < -0.4 is 5.32 Å². The molecule has 0 unspecified atom stereocenters. The number of carbonyl (C=O) groups excluding carboxylic acids is 1. The number of carboxylic acids is 1. The summed E-state index contributed by atoms with van der Waals surface area (Å²) in [4.78, 5) is 21.5. The van der Waals surface area contributed by atoms with Crippen molar-refractivity contribution in [2.24, 2.45) is 0 Å². The predicted molar refractivity (Wildman–Crippen MR) is 58.0 cm³/mol. The van der Waals surface area contributed by atoms with Gasteiger partial charge in [-0.05, 0) is 24.3 Å². The second-order valence-electron chi connectivity index (χ2n) is 3.98. The Kier molecular flexibility index (Phi) is 4.40. The van der Waals surface area contributed by atoms with E-state index in [1.54, 1.807) is 0 Å². The first-order valence-corrected chi connectivity index (χ1v) is 5.28. The molecule has 2 N–H and O–H groups in total. The molecule has 0 aliphatic rings. The Bertz CT molecular complexity index is 580. The molecular weight excluding hydrogens is 327 g/mol. The average molecular weight is 333 g/mol. The van der Waals surface area contributed by atoms with Crippen molar-refractivity contribution in [3.05, 3.63) is 29.8 Å². The van der Waals surface area contributed by atoms with Crippen LogP contribution in [0.25, 0.3) is 0 Å². The lowest BCUT2D eigenvalue weighted by molar-refractivity contribution is -0.343. The van der Waals surface area contributed by atoms with Crippen molar-refractivity contribution in [1.29, 1.82) is 0 Å². The first-order chi connectivity index (χ1) is 9.80. The molecule has 122 valence electrons. The lowest BCUT2D eigenvalue weighted by Crippen LogP contribution is -2.57. The zero-order valence-corrected chi connectivity index (χ0v) is 10.2. The summed E-state index contributed by atoms with van der Waals surface area (Å²) in [6.07, 6.45) is -6.62. The zero-order chi connectivity index (χ0) is 17.3. The number of carbonyl (C=O) groups is 2. The predicted octanol–water partition coefficient (Wildman–Crippen LogP) is 3.16. The second-order valence-corrected chi connectivity index (χ2v) is 3.98. The van der Waals surface area contributed by atoms with E-state index in [2.05, 4.69) is 0 Å². The highest BCUT2D eigenvalue weighted by atomic mass is 19.4. The maximum absolute atomic E-state index is 13.0. The summed E-state index contributed by atoms with van der Waals surface area (Å²) in [5.41, 5.74) is -0.891. The van der Waals surface area contributed by atoms with Gasteiger partial charge in [0.15, 0.2) is 0 Å². The van der Waals surface area contributed by atoms with Crippen molar-refractivity contribution in [3.63, 3.8) is 0 Å².